The van der Waals surface area contributed by atoms with E-state index in [4.69, 9.17) is 17.3 Å². The van der Waals surface area contributed by atoms with Gasteiger partial charge in [0.15, 0.2) is 0 Å². The SMILES string of the molecule is CC(C)C=C(C=C1SC(=S)N(CCCC(=O)O)C1=O)c1ccccc1. The molecule has 0 spiro atoms. The Bertz CT molecular complexity index is 723. The third-order valence-electron chi connectivity index (χ3n) is 3.55. The predicted molar refractivity (Wildman–Crippen MR) is 106 cm³/mol. The maximum absolute atomic E-state index is 12.6. The lowest BCUT2D eigenvalue weighted by Gasteiger charge is -2.13. The number of carbonyl (C=O) groups is 2. The molecule has 1 aliphatic rings. The second-order valence-corrected chi connectivity index (χ2v) is 7.74. The number of thiocarbonyl (C=S) groups is 1. The van der Waals surface area contributed by atoms with Gasteiger partial charge in [0, 0.05) is 13.0 Å². The Hall–Kier alpha value is -1.92. The van der Waals surface area contributed by atoms with Gasteiger partial charge in [-0.2, -0.15) is 0 Å². The number of benzene rings is 1. The minimum absolute atomic E-state index is 0.0264. The monoisotopic (exact) mass is 375 g/mol. The Labute approximate surface area is 157 Å². The number of carboxylic acids is 1. The van der Waals surface area contributed by atoms with E-state index >= 15 is 0 Å². The van der Waals surface area contributed by atoms with Crippen LogP contribution < -0.4 is 0 Å². The summed E-state index contributed by atoms with van der Waals surface area (Å²) in [6, 6.07) is 9.91. The zero-order valence-corrected chi connectivity index (χ0v) is 15.9. The number of nitrogens with zero attached hydrogens (tertiary/aromatic N) is 1. The molecule has 25 heavy (non-hydrogen) atoms. The zero-order chi connectivity index (χ0) is 18.4. The molecule has 2 rings (SSSR count). The maximum Gasteiger partial charge on any atom is 0.303 e. The van der Waals surface area contributed by atoms with Crippen LogP contribution >= 0.6 is 24.0 Å². The van der Waals surface area contributed by atoms with Crippen molar-refractivity contribution in [3.8, 4) is 0 Å². The summed E-state index contributed by atoms with van der Waals surface area (Å²) >= 11 is 6.56. The third-order valence-corrected chi connectivity index (χ3v) is 4.93. The molecule has 1 saturated heterocycles. The highest BCUT2D eigenvalue weighted by Gasteiger charge is 2.31. The fraction of sp³-hybridized carbons (Fsp3) is 0.316. The van der Waals surface area contributed by atoms with Gasteiger partial charge in [-0.15, -0.1) is 0 Å². The van der Waals surface area contributed by atoms with E-state index in [1.165, 1.54) is 16.7 Å². The molecule has 1 heterocycles. The number of hydrogen-bond acceptors (Lipinski definition) is 4. The average molecular weight is 376 g/mol. The number of amides is 1. The highest BCUT2D eigenvalue weighted by atomic mass is 32.2. The van der Waals surface area contributed by atoms with Crippen molar-refractivity contribution in [2.24, 2.45) is 5.92 Å². The highest BCUT2D eigenvalue weighted by molar-refractivity contribution is 8.26. The number of rotatable bonds is 7. The maximum atomic E-state index is 12.6. The van der Waals surface area contributed by atoms with Crippen LogP contribution in [-0.2, 0) is 9.59 Å². The molecule has 1 aromatic carbocycles. The van der Waals surface area contributed by atoms with Crippen molar-refractivity contribution >= 4 is 45.7 Å². The number of hydrogen-bond donors (Lipinski definition) is 1. The molecule has 0 aromatic heterocycles. The van der Waals surface area contributed by atoms with Crippen LogP contribution in [0.5, 0.6) is 0 Å². The largest absolute Gasteiger partial charge is 0.481 e. The topological polar surface area (TPSA) is 57.6 Å². The number of allylic oxidation sites excluding steroid dienone is 3. The van der Waals surface area contributed by atoms with Crippen LogP contribution in [-0.4, -0.2) is 32.7 Å². The summed E-state index contributed by atoms with van der Waals surface area (Å²) in [5, 5.41) is 8.74. The zero-order valence-electron chi connectivity index (χ0n) is 14.3. The fourth-order valence-electron chi connectivity index (χ4n) is 2.44. The van der Waals surface area contributed by atoms with Crippen molar-refractivity contribution in [2.75, 3.05) is 6.54 Å². The average Bonchev–Trinajstić information content (AvgIpc) is 2.82. The van der Waals surface area contributed by atoms with Crippen molar-refractivity contribution in [1.29, 1.82) is 0 Å². The van der Waals surface area contributed by atoms with Crippen LogP contribution in [0.3, 0.4) is 0 Å². The van der Waals surface area contributed by atoms with Crippen LogP contribution in [0.25, 0.3) is 5.57 Å². The molecule has 1 amide bonds. The Balaban J connectivity index is 2.22. The summed E-state index contributed by atoms with van der Waals surface area (Å²) in [5.74, 6) is -0.676. The molecular weight excluding hydrogens is 354 g/mol. The van der Waals surface area contributed by atoms with Crippen LogP contribution in [0.15, 0.2) is 47.4 Å². The summed E-state index contributed by atoms with van der Waals surface area (Å²) in [4.78, 5) is 25.3. The number of carbonyl (C=O) groups excluding carboxylic acids is 1. The molecule has 1 N–H and O–H groups in total. The molecule has 0 aliphatic carbocycles. The van der Waals surface area contributed by atoms with Crippen molar-refractivity contribution in [3.63, 3.8) is 0 Å². The molecule has 0 bridgehead atoms. The van der Waals surface area contributed by atoms with Gasteiger partial charge in [0.1, 0.15) is 4.32 Å². The molecule has 132 valence electrons. The van der Waals surface area contributed by atoms with Gasteiger partial charge in [-0.1, -0.05) is 74.2 Å². The van der Waals surface area contributed by atoms with E-state index in [1.54, 1.807) is 0 Å². The number of thioether (sulfide) groups is 1. The fourth-order valence-corrected chi connectivity index (χ4v) is 3.74. The van der Waals surface area contributed by atoms with Gasteiger partial charge in [-0.25, -0.2) is 0 Å². The molecule has 0 saturated carbocycles. The van der Waals surface area contributed by atoms with Crippen molar-refractivity contribution in [2.45, 2.75) is 26.7 Å². The standard InChI is InChI=1S/C19H21NO3S2/c1-13(2)11-15(14-7-4-3-5-8-14)12-16-18(23)20(19(24)25-16)10-6-9-17(21)22/h3-5,7-8,11-13H,6,9-10H2,1-2H3,(H,21,22). The van der Waals surface area contributed by atoms with E-state index in [1.807, 2.05) is 36.4 Å². The molecule has 0 radical (unpaired) electrons. The predicted octanol–water partition coefficient (Wildman–Crippen LogP) is 4.34. The first-order chi connectivity index (χ1) is 11.9. The Morgan fingerprint density at radius 3 is 2.60 bits per heavy atom. The van der Waals surface area contributed by atoms with E-state index in [9.17, 15) is 9.59 Å². The van der Waals surface area contributed by atoms with E-state index in [0.29, 0.717) is 28.1 Å². The van der Waals surface area contributed by atoms with Crippen LogP contribution in [0.2, 0.25) is 0 Å². The molecule has 0 atom stereocenters. The Morgan fingerprint density at radius 1 is 1.32 bits per heavy atom. The molecule has 1 aromatic rings. The van der Waals surface area contributed by atoms with Gasteiger partial charge in [-0.05, 0) is 29.6 Å². The normalized spacial score (nSPS) is 17.0. The summed E-state index contributed by atoms with van der Waals surface area (Å²) in [6.07, 6.45) is 4.42. The first-order valence-electron chi connectivity index (χ1n) is 8.13. The molecule has 0 unspecified atom stereocenters. The van der Waals surface area contributed by atoms with E-state index < -0.39 is 5.97 Å². The number of carboxylic acid groups (broad SMARTS) is 1. The molecule has 4 nitrogen and oxygen atoms in total. The van der Waals surface area contributed by atoms with E-state index in [2.05, 4.69) is 19.9 Å². The van der Waals surface area contributed by atoms with E-state index in [-0.39, 0.29) is 12.3 Å². The molecule has 1 aliphatic heterocycles. The van der Waals surface area contributed by atoms with Crippen LogP contribution in [0, 0.1) is 5.92 Å². The molecule has 1 fully saturated rings. The van der Waals surface area contributed by atoms with Crippen molar-refractivity contribution in [1.82, 2.24) is 4.90 Å². The lowest BCUT2D eigenvalue weighted by molar-refractivity contribution is -0.137. The third kappa shape index (κ3) is 5.54. The van der Waals surface area contributed by atoms with Gasteiger partial charge in [0.25, 0.3) is 5.91 Å². The second-order valence-electron chi connectivity index (χ2n) is 6.06. The van der Waals surface area contributed by atoms with Gasteiger partial charge < -0.3 is 5.11 Å². The first kappa shape index (κ1) is 19.4. The number of aliphatic carboxylic acids is 1. The molecular formula is C19H21NO3S2. The van der Waals surface area contributed by atoms with Crippen molar-refractivity contribution in [3.05, 3.63) is 53.0 Å². The minimum atomic E-state index is -0.868. The quantitative estimate of drug-likeness (QED) is 0.568. The summed E-state index contributed by atoms with van der Waals surface area (Å²) < 4.78 is 0.485. The van der Waals surface area contributed by atoms with Gasteiger partial charge in [0.2, 0.25) is 0 Å². The summed E-state index contributed by atoms with van der Waals surface area (Å²) in [7, 11) is 0. The molecule has 6 heteroatoms. The Kier molecular flexibility index (Phi) is 6.96. The Morgan fingerprint density at radius 2 is 2.00 bits per heavy atom. The van der Waals surface area contributed by atoms with Crippen molar-refractivity contribution < 1.29 is 14.7 Å². The summed E-state index contributed by atoms with van der Waals surface area (Å²) in [6.45, 7) is 4.52. The lowest BCUT2D eigenvalue weighted by atomic mass is 10.0. The first-order valence-corrected chi connectivity index (χ1v) is 9.35. The second kappa shape index (κ2) is 8.97. The smallest absolute Gasteiger partial charge is 0.303 e. The van der Waals surface area contributed by atoms with Gasteiger partial charge >= 0.3 is 5.97 Å². The van der Waals surface area contributed by atoms with Gasteiger partial charge in [-0.3, -0.25) is 14.5 Å². The van der Waals surface area contributed by atoms with Crippen LogP contribution in [0.1, 0.15) is 32.3 Å². The van der Waals surface area contributed by atoms with E-state index in [0.717, 1.165) is 11.1 Å². The highest BCUT2D eigenvalue weighted by Crippen LogP contribution is 2.34. The lowest BCUT2D eigenvalue weighted by Crippen LogP contribution is -2.29. The summed E-state index contributed by atoms with van der Waals surface area (Å²) in [5.41, 5.74) is 2.04. The minimum Gasteiger partial charge on any atom is -0.481 e. The van der Waals surface area contributed by atoms with Gasteiger partial charge in [0.05, 0.1) is 4.91 Å². The van der Waals surface area contributed by atoms with Crippen LogP contribution in [0.4, 0.5) is 0 Å².